The van der Waals surface area contributed by atoms with Crippen LogP contribution in [0.25, 0.3) is 0 Å². The molecule has 0 radical (unpaired) electrons. The van der Waals surface area contributed by atoms with Crippen LogP contribution in [-0.4, -0.2) is 66.4 Å². The Morgan fingerprint density at radius 3 is 2.34 bits per heavy atom. The van der Waals surface area contributed by atoms with Crippen LogP contribution in [0.2, 0.25) is 0 Å². The highest BCUT2D eigenvalue weighted by atomic mass is 16.5. The number of aliphatic hydroxyl groups excluding tert-OH is 1. The van der Waals surface area contributed by atoms with Crippen LogP contribution in [0, 0.1) is 0 Å². The SMILES string of the molecule is CCCOCCOc1ccc(OCC(O)CNCCNc2cc(=O)n(C)c(=O)n2C)cc1. The minimum Gasteiger partial charge on any atom is -0.491 e. The summed E-state index contributed by atoms with van der Waals surface area (Å²) < 4.78 is 19.0. The predicted octanol–water partition coefficient (Wildman–Crippen LogP) is 0.331. The Morgan fingerprint density at radius 1 is 0.969 bits per heavy atom. The van der Waals surface area contributed by atoms with Crippen molar-refractivity contribution in [1.82, 2.24) is 14.5 Å². The van der Waals surface area contributed by atoms with E-state index in [2.05, 4.69) is 17.6 Å². The van der Waals surface area contributed by atoms with Gasteiger partial charge in [0.05, 0.1) is 6.61 Å². The first-order valence-corrected chi connectivity index (χ1v) is 10.8. The lowest BCUT2D eigenvalue weighted by molar-refractivity contribution is 0.100. The number of hydrogen-bond donors (Lipinski definition) is 3. The molecule has 0 aliphatic carbocycles. The second kappa shape index (κ2) is 13.6. The van der Waals surface area contributed by atoms with Crippen molar-refractivity contribution in [3.05, 3.63) is 51.2 Å². The summed E-state index contributed by atoms with van der Waals surface area (Å²) in [6.45, 7) is 5.36. The quantitative estimate of drug-likeness (QED) is 0.333. The van der Waals surface area contributed by atoms with Gasteiger partial charge >= 0.3 is 5.69 Å². The zero-order chi connectivity index (χ0) is 23.3. The summed E-state index contributed by atoms with van der Waals surface area (Å²) in [4.78, 5) is 23.6. The van der Waals surface area contributed by atoms with Gasteiger partial charge in [0.1, 0.15) is 36.6 Å². The lowest BCUT2D eigenvalue weighted by Crippen LogP contribution is -2.38. The highest BCUT2D eigenvalue weighted by Gasteiger charge is 2.07. The van der Waals surface area contributed by atoms with Crippen LogP contribution in [0.3, 0.4) is 0 Å². The molecule has 0 bridgehead atoms. The molecule has 0 saturated heterocycles. The highest BCUT2D eigenvalue weighted by molar-refractivity contribution is 5.33. The van der Waals surface area contributed by atoms with Crippen molar-refractivity contribution in [1.29, 1.82) is 0 Å². The third kappa shape index (κ3) is 8.37. The molecule has 2 aromatic rings. The van der Waals surface area contributed by atoms with Gasteiger partial charge in [-0.15, -0.1) is 0 Å². The van der Waals surface area contributed by atoms with Gasteiger partial charge in [0.25, 0.3) is 5.56 Å². The Bertz CT molecular complexity index is 925. The number of ether oxygens (including phenoxy) is 3. The van der Waals surface area contributed by atoms with E-state index in [0.29, 0.717) is 44.4 Å². The lowest BCUT2D eigenvalue weighted by atomic mass is 10.3. The molecule has 10 heteroatoms. The molecule has 3 N–H and O–H groups in total. The fourth-order valence-corrected chi connectivity index (χ4v) is 2.80. The number of aromatic nitrogens is 2. The van der Waals surface area contributed by atoms with Crippen molar-refractivity contribution in [3.63, 3.8) is 0 Å². The predicted molar refractivity (Wildman–Crippen MR) is 123 cm³/mol. The Balaban J connectivity index is 1.61. The zero-order valence-corrected chi connectivity index (χ0v) is 19.0. The topological polar surface area (TPSA) is 116 Å². The summed E-state index contributed by atoms with van der Waals surface area (Å²) in [6, 6.07) is 8.59. The maximum absolute atomic E-state index is 11.9. The Labute approximate surface area is 187 Å². The molecule has 1 heterocycles. The summed E-state index contributed by atoms with van der Waals surface area (Å²) in [5, 5.41) is 16.2. The van der Waals surface area contributed by atoms with Crippen molar-refractivity contribution < 1.29 is 19.3 Å². The molecule has 0 aliphatic heterocycles. The van der Waals surface area contributed by atoms with Gasteiger partial charge in [-0.1, -0.05) is 6.92 Å². The van der Waals surface area contributed by atoms with E-state index in [4.69, 9.17) is 14.2 Å². The van der Waals surface area contributed by atoms with E-state index in [1.165, 1.54) is 17.7 Å². The fraction of sp³-hybridized carbons (Fsp3) is 0.545. The molecule has 10 nitrogen and oxygen atoms in total. The first kappa shape index (κ1) is 25.4. The van der Waals surface area contributed by atoms with E-state index in [1.807, 2.05) is 12.1 Å². The summed E-state index contributed by atoms with van der Waals surface area (Å²) in [5.41, 5.74) is -0.752. The van der Waals surface area contributed by atoms with Crippen molar-refractivity contribution in [2.24, 2.45) is 14.1 Å². The Kier molecular flexibility index (Phi) is 10.8. The molecule has 0 fully saturated rings. The second-order valence-electron chi connectivity index (χ2n) is 7.30. The molecule has 1 aromatic carbocycles. The van der Waals surface area contributed by atoms with Gasteiger partial charge in [-0.05, 0) is 30.7 Å². The van der Waals surface area contributed by atoms with Gasteiger partial charge in [0.2, 0.25) is 0 Å². The minimum atomic E-state index is -0.685. The van der Waals surface area contributed by atoms with Crippen molar-refractivity contribution >= 4 is 5.82 Å². The van der Waals surface area contributed by atoms with Crippen LogP contribution < -0.4 is 31.4 Å². The summed E-state index contributed by atoms with van der Waals surface area (Å²) in [5.74, 6) is 1.83. The van der Waals surface area contributed by atoms with Crippen LogP contribution in [0.1, 0.15) is 13.3 Å². The molecule has 0 saturated carbocycles. The second-order valence-corrected chi connectivity index (χ2v) is 7.30. The Hall–Kier alpha value is -2.82. The van der Waals surface area contributed by atoms with E-state index < -0.39 is 6.10 Å². The zero-order valence-electron chi connectivity index (χ0n) is 19.0. The molecule has 0 amide bonds. The molecule has 0 spiro atoms. The number of rotatable bonds is 15. The average molecular weight is 451 g/mol. The van der Waals surface area contributed by atoms with Crippen LogP contribution in [0.4, 0.5) is 5.82 Å². The van der Waals surface area contributed by atoms with Crippen LogP contribution >= 0.6 is 0 Å². The van der Waals surface area contributed by atoms with Crippen LogP contribution in [0.15, 0.2) is 39.9 Å². The largest absolute Gasteiger partial charge is 0.491 e. The van der Waals surface area contributed by atoms with Crippen molar-refractivity contribution in [3.8, 4) is 11.5 Å². The van der Waals surface area contributed by atoms with E-state index in [0.717, 1.165) is 23.3 Å². The van der Waals surface area contributed by atoms with Crippen LogP contribution in [0.5, 0.6) is 11.5 Å². The standard InChI is InChI=1S/C22H34N4O6/c1-4-11-30-12-13-31-18-5-7-19(8-6-18)32-16-17(27)15-23-9-10-24-20-14-21(28)26(3)22(29)25(20)2/h5-8,14,17,23-24,27H,4,9-13,15-16H2,1-3H3. The van der Waals surface area contributed by atoms with Gasteiger partial charge in [-0.3, -0.25) is 13.9 Å². The van der Waals surface area contributed by atoms with E-state index in [-0.39, 0.29) is 17.9 Å². The third-order valence-electron chi connectivity index (χ3n) is 4.62. The fourth-order valence-electron chi connectivity index (χ4n) is 2.80. The van der Waals surface area contributed by atoms with Crippen molar-refractivity contribution in [2.75, 3.05) is 51.4 Å². The number of hydrogen-bond acceptors (Lipinski definition) is 8. The number of aliphatic hydroxyl groups is 1. The minimum absolute atomic E-state index is 0.148. The summed E-state index contributed by atoms with van der Waals surface area (Å²) >= 11 is 0. The summed E-state index contributed by atoms with van der Waals surface area (Å²) in [7, 11) is 3.03. The first-order chi connectivity index (χ1) is 15.4. The number of anilines is 1. The van der Waals surface area contributed by atoms with E-state index in [1.54, 1.807) is 19.2 Å². The monoisotopic (exact) mass is 450 g/mol. The third-order valence-corrected chi connectivity index (χ3v) is 4.62. The van der Waals surface area contributed by atoms with Crippen LogP contribution in [-0.2, 0) is 18.8 Å². The molecule has 1 aromatic heterocycles. The number of nitrogens with one attached hydrogen (secondary N) is 2. The molecule has 1 unspecified atom stereocenters. The molecule has 32 heavy (non-hydrogen) atoms. The van der Waals surface area contributed by atoms with Gasteiger partial charge in [-0.2, -0.15) is 0 Å². The smallest absolute Gasteiger partial charge is 0.332 e. The first-order valence-electron chi connectivity index (χ1n) is 10.8. The molecular weight excluding hydrogens is 416 g/mol. The molecular formula is C22H34N4O6. The lowest BCUT2D eigenvalue weighted by Gasteiger charge is -2.15. The average Bonchev–Trinajstić information content (AvgIpc) is 2.80. The maximum atomic E-state index is 11.9. The Morgan fingerprint density at radius 2 is 1.66 bits per heavy atom. The van der Waals surface area contributed by atoms with E-state index in [9.17, 15) is 14.7 Å². The highest BCUT2D eigenvalue weighted by Crippen LogP contribution is 2.17. The van der Waals surface area contributed by atoms with Gasteiger partial charge in [0.15, 0.2) is 0 Å². The van der Waals surface area contributed by atoms with E-state index >= 15 is 0 Å². The van der Waals surface area contributed by atoms with Gasteiger partial charge in [-0.25, -0.2) is 4.79 Å². The molecule has 0 aliphatic rings. The van der Waals surface area contributed by atoms with Gasteiger partial charge < -0.3 is 30.0 Å². The molecule has 1 atom stereocenters. The maximum Gasteiger partial charge on any atom is 0.332 e. The van der Waals surface area contributed by atoms with Gasteiger partial charge in [0, 0.05) is 46.4 Å². The number of nitrogens with zero attached hydrogens (tertiary/aromatic N) is 2. The normalized spacial score (nSPS) is 11.9. The molecule has 178 valence electrons. The summed E-state index contributed by atoms with van der Waals surface area (Å²) in [6.07, 6.45) is 0.303. The number of benzene rings is 1. The van der Waals surface area contributed by atoms with Crippen molar-refractivity contribution in [2.45, 2.75) is 19.4 Å². The molecule has 2 rings (SSSR count).